The number of alkyl halides is 1. The van der Waals surface area contributed by atoms with Gasteiger partial charge >= 0.3 is 0 Å². The number of halogens is 1. The molecule has 1 atom stereocenters. The predicted octanol–water partition coefficient (Wildman–Crippen LogP) is 2.91. The number of hydrogen-bond acceptors (Lipinski definition) is 3. The highest BCUT2D eigenvalue weighted by molar-refractivity contribution is 6.22. The van der Waals surface area contributed by atoms with Gasteiger partial charge in [-0.05, 0) is 19.9 Å². The van der Waals surface area contributed by atoms with E-state index in [2.05, 4.69) is 0 Å². The first-order valence-electron chi connectivity index (χ1n) is 5.49. The number of hydrogen-bond donors (Lipinski definition) is 0. The number of ether oxygens (including phenoxy) is 2. The Balaban J connectivity index is 2.16. The van der Waals surface area contributed by atoms with Gasteiger partial charge in [0.1, 0.15) is 12.2 Å². The van der Waals surface area contributed by atoms with Gasteiger partial charge in [0.15, 0.2) is 16.9 Å². The summed E-state index contributed by atoms with van der Waals surface area (Å²) in [6.45, 7) is 4.24. The lowest BCUT2D eigenvalue weighted by Crippen LogP contribution is -2.24. The molecule has 0 radical (unpaired) electrons. The van der Waals surface area contributed by atoms with Crippen molar-refractivity contribution in [3.8, 4) is 17.6 Å². The van der Waals surface area contributed by atoms with Crippen LogP contribution in [0.5, 0.6) is 11.5 Å². The minimum atomic E-state index is -0.639. The molecule has 1 aromatic carbocycles. The fourth-order valence-corrected chi connectivity index (χ4v) is 1.96. The van der Waals surface area contributed by atoms with Crippen molar-refractivity contribution in [3.05, 3.63) is 23.8 Å². The Bertz CT molecular complexity index is 465. The lowest BCUT2D eigenvalue weighted by atomic mass is 10.0. The molecule has 1 aliphatic rings. The third kappa shape index (κ3) is 2.65. The van der Waals surface area contributed by atoms with Crippen LogP contribution in [-0.4, -0.2) is 17.6 Å². The van der Waals surface area contributed by atoms with Crippen LogP contribution in [-0.2, 0) is 6.42 Å². The smallest absolute Gasteiger partial charge is 0.165 e. The summed E-state index contributed by atoms with van der Waals surface area (Å²) < 4.78 is 11.4. The minimum Gasteiger partial charge on any atom is -0.487 e. The molecule has 0 saturated heterocycles. The maximum absolute atomic E-state index is 8.60. The Morgan fingerprint density at radius 2 is 2.35 bits per heavy atom. The van der Waals surface area contributed by atoms with E-state index in [0.29, 0.717) is 5.75 Å². The van der Waals surface area contributed by atoms with E-state index in [4.69, 9.17) is 26.3 Å². The van der Waals surface area contributed by atoms with Gasteiger partial charge in [-0.1, -0.05) is 12.1 Å². The fourth-order valence-electron chi connectivity index (χ4n) is 1.90. The Morgan fingerprint density at radius 3 is 3.06 bits per heavy atom. The third-order valence-corrected chi connectivity index (χ3v) is 2.80. The van der Waals surface area contributed by atoms with Gasteiger partial charge in [-0.15, -0.1) is 11.6 Å². The van der Waals surface area contributed by atoms with Gasteiger partial charge < -0.3 is 9.47 Å². The molecule has 0 aromatic heterocycles. The van der Waals surface area contributed by atoms with Gasteiger partial charge in [-0.25, -0.2) is 0 Å². The lowest BCUT2D eigenvalue weighted by Gasteiger charge is -2.18. The number of nitriles is 1. The van der Waals surface area contributed by atoms with Gasteiger partial charge in [0.05, 0.1) is 6.07 Å². The molecule has 17 heavy (non-hydrogen) atoms. The Labute approximate surface area is 106 Å². The maximum atomic E-state index is 8.60. The number of fused-ring (bicyclic) bond motifs is 1. The molecule has 0 bridgehead atoms. The molecule has 1 heterocycles. The molecule has 0 amide bonds. The average molecular weight is 252 g/mol. The van der Waals surface area contributed by atoms with Crippen LogP contribution < -0.4 is 9.47 Å². The summed E-state index contributed by atoms with van der Waals surface area (Å²) in [4.78, 5) is 0. The zero-order valence-electron chi connectivity index (χ0n) is 9.87. The monoisotopic (exact) mass is 251 g/mol. The standard InChI is InChI=1S/C13H14ClNO2/c1-13(2)6-9-4-3-5-11(12(9)17-13)16-8-10(14)7-15/h3-5,10H,6,8H2,1-2H3. The molecule has 1 aliphatic heterocycles. The highest BCUT2D eigenvalue weighted by atomic mass is 35.5. The van der Waals surface area contributed by atoms with E-state index in [1.54, 1.807) is 0 Å². The second-order valence-electron chi connectivity index (χ2n) is 4.69. The van der Waals surface area contributed by atoms with E-state index < -0.39 is 5.38 Å². The van der Waals surface area contributed by atoms with E-state index in [9.17, 15) is 0 Å². The molecule has 0 aliphatic carbocycles. The summed E-state index contributed by atoms with van der Waals surface area (Å²) in [5, 5.41) is 7.96. The zero-order valence-corrected chi connectivity index (χ0v) is 10.6. The first-order valence-corrected chi connectivity index (χ1v) is 5.93. The van der Waals surface area contributed by atoms with E-state index >= 15 is 0 Å². The van der Waals surface area contributed by atoms with Crippen molar-refractivity contribution in [2.24, 2.45) is 0 Å². The third-order valence-electron chi connectivity index (χ3n) is 2.58. The molecule has 3 nitrogen and oxygen atoms in total. The quantitative estimate of drug-likeness (QED) is 0.776. The van der Waals surface area contributed by atoms with Crippen molar-refractivity contribution in [2.75, 3.05) is 6.61 Å². The largest absolute Gasteiger partial charge is 0.487 e. The number of para-hydroxylation sites is 1. The van der Waals surface area contributed by atoms with Gasteiger partial charge in [0.25, 0.3) is 0 Å². The van der Waals surface area contributed by atoms with Crippen LogP contribution in [0.15, 0.2) is 18.2 Å². The summed E-state index contributed by atoms with van der Waals surface area (Å²) >= 11 is 5.70. The first-order chi connectivity index (χ1) is 8.02. The van der Waals surface area contributed by atoms with Crippen molar-refractivity contribution in [1.29, 1.82) is 5.26 Å². The van der Waals surface area contributed by atoms with Crippen LogP contribution in [0, 0.1) is 11.3 Å². The highest BCUT2D eigenvalue weighted by Crippen LogP contribution is 2.41. The van der Waals surface area contributed by atoms with Gasteiger partial charge in [0.2, 0.25) is 0 Å². The van der Waals surface area contributed by atoms with Crippen LogP contribution in [0.1, 0.15) is 19.4 Å². The molecule has 1 unspecified atom stereocenters. The topological polar surface area (TPSA) is 42.2 Å². The predicted molar refractivity (Wildman–Crippen MR) is 65.6 cm³/mol. The molecular weight excluding hydrogens is 238 g/mol. The second-order valence-corrected chi connectivity index (χ2v) is 5.22. The molecule has 1 aromatic rings. The maximum Gasteiger partial charge on any atom is 0.165 e. The van der Waals surface area contributed by atoms with Crippen LogP contribution in [0.25, 0.3) is 0 Å². The number of benzene rings is 1. The summed E-state index contributed by atoms with van der Waals surface area (Å²) in [7, 11) is 0. The van der Waals surface area contributed by atoms with Crippen LogP contribution in [0.4, 0.5) is 0 Å². The lowest BCUT2D eigenvalue weighted by molar-refractivity contribution is 0.132. The van der Waals surface area contributed by atoms with E-state index in [1.807, 2.05) is 38.1 Å². The summed E-state index contributed by atoms with van der Waals surface area (Å²) in [5.41, 5.74) is 0.938. The molecule has 0 spiro atoms. The van der Waals surface area contributed by atoms with Gasteiger partial charge in [-0.3, -0.25) is 0 Å². The fraction of sp³-hybridized carbons (Fsp3) is 0.462. The molecular formula is C13H14ClNO2. The van der Waals surface area contributed by atoms with Crippen molar-refractivity contribution in [3.63, 3.8) is 0 Å². The van der Waals surface area contributed by atoms with Crippen LogP contribution >= 0.6 is 11.6 Å². The molecule has 0 fully saturated rings. The summed E-state index contributed by atoms with van der Waals surface area (Å²) in [6, 6.07) is 7.71. The Morgan fingerprint density at radius 1 is 1.59 bits per heavy atom. The Kier molecular flexibility index (Phi) is 3.17. The summed E-state index contributed by atoms with van der Waals surface area (Å²) in [6.07, 6.45) is 0.863. The van der Waals surface area contributed by atoms with Gasteiger partial charge in [0, 0.05) is 12.0 Å². The first kappa shape index (κ1) is 12.1. The minimum absolute atomic E-state index is 0.165. The average Bonchev–Trinajstić information content (AvgIpc) is 2.60. The van der Waals surface area contributed by atoms with Crippen molar-refractivity contribution in [1.82, 2.24) is 0 Å². The highest BCUT2D eigenvalue weighted by Gasteiger charge is 2.32. The van der Waals surface area contributed by atoms with Crippen molar-refractivity contribution < 1.29 is 9.47 Å². The number of rotatable bonds is 3. The zero-order chi connectivity index (χ0) is 12.5. The normalized spacial score (nSPS) is 17.8. The Hall–Kier alpha value is -1.40. The molecule has 90 valence electrons. The molecule has 0 N–H and O–H groups in total. The number of nitrogens with zero attached hydrogens (tertiary/aromatic N) is 1. The summed E-state index contributed by atoms with van der Waals surface area (Å²) in [5.74, 6) is 1.44. The molecule has 0 saturated carbocycles. The molecule has 2 rings (SSSR count). The van der Waals surface area contributed by atoms with E-state index in [1.165, 1.54) is 0 Å². The van der Waals surface area contributed by atoms with E-state index in [0.717, 1.165) is 17.7 Å². The van der Waals surface area contributed by atoms with Gasteiger partial charge in [-0.2, -0.15) is 5.26 Å². The van der Waals surface area contributed by atoms with E-state index in [-0.39, 0.29) is 12.2 Å². The van der Waals surface area contributed by atoms with Crippen molar-refractivity contribution >= 4 is 11.6 Å². The van der Waals surface area contributed by atoms with Crippen molar-refractivity contribution in [2.45, 2.75) is 31.2 Å². The SMILES string of the molecule is CC1(C)Cc2cccc(OCC(Cl)C#N)c2O1. The van der Waals surface area contributed by atoms with Crippen LogP contribution in [0.2, 0.25) is 0 Å². The molecule has 4 heteroatoms. The second kappa shape index (κ2) is 4.46. The van der Waals surface area contributed by atoms with Crippen LogP contribution in [0.3, 0.4) is 0 Å².